The highest BCUT2D eigenvalue weighted by Crippen LogP contribution is 2.17. The lowest BCUT2D eigenvalue weighted by Gasteiger charge is -2.21. The Morgan fingerprint density at radius 2 is 1.61 bits per heavy atom. The number of nitrogens with zero attached hydrogens (tertiary/aromatic N) is 1. The fourth-order valence-electron chi connectivity index (χ4n) is 3.72. The lowest BCUT2D eigenvalue weighted by Crippen LogP contribution is -2.44. The van der Waals surface area contributed by atoms with Gasteiger partial charge in [-0.15, -0.1) is 0 Å². The van der Waals surface area contributed by atoms with Gasteiger partial charge in [-0.25, -0.2) is 8.42 Å². The molecule has 178 valence electrons. The maximum Gasteiger partial charge on any atom is 0.253 e. The molecule has 0 bridgehead atoms. The zero-order valence-electron chi connectivity index (χ0n) is 18.8. The van der Waals surface area contributed by atoms with E-state index in [1.807, 2.05) is 11.2 Å². The number of sulfonamides is 1. The van der Waals surface area contributed by atoms with Gasteiger partial charge in [0.05, 0.1) is 4.90 Å². The molecule has 1 fully saturated rings. The number of rotatable bonds is 9. The number of hydrogen-bond acceptors (Lipinski definition) is 5. The van der Waals surface area contributed by atoms with E-state index in [0.717, 1.165) is 38.8 Å². The number of amides is 2. The van der Waals surface area contributed by atoms with E-state index in [1.54, 1.807) is 42.5 Å². The van der Waals surface area contributed by atoms with E-state index in [0.29, 0.717) is 23.4 Å². The second-order valence-electron chi connectivity index (χ2n) is 8.04. The molecule has 0 saturated carbocycles. The fraction of sp³-hybridized carbons (Fsp3) is 0.417. The molecule has 0 aliphatic carbocycles. The van der Waals surface area contributed by atoms with E-state index in [2.05, 4.69) is 10.0 Å². The first-order chi connectivity index (χ1) is 15.9. The Balaban J connectivity index is 1.67. The summed E-state index contributed by atoms with van der Waals surface area (Å²) in [5, 5.41) is 2.78. The number of nitrogens with one attached hydrogen (secondary N) is 2. The normalized spacial score (nSPS) is 15.5. The molecule has 1 aliphatic rings. The van der Waals surface area contributed by atoms with Crippen LogP contribution in [0.2, 0.25) is 0 Å². The molecule has 3 rings (SSSR count). The molecule has 2 aromatic rings. The van der Waals surface area contributed by atoms with Crippen molar-refractivity contribution in [3.63, 3.8) is 0 Å². The molecule has 9 heteroatoms. The van der Waals surface area contributed by atoms with Crippen molar-refractivity contribution in [2.24, 2.45) is 0 Å². The highest BCUT2D eigenvalue weighted by atomic mass is 32.2. The van der Waals surface area contributed by atoms with Crippen molar-refractivity contribution in [2.45, 2.75) is 43.0 Å². The maximum atomic E-state index is 12.9. The summed E-state index contributed by atoms with van der Waals surface area (Å²) in [6.07, 6.45) is 6.61. The van der Waals surface area contributed by atoms with Crippen LogP contribution in [0.4, 0.5) is 5.69 Å². The van der Waals surface area contributed by atoms with Gasteiger partial charge in [0.15, 0.2) is 0 Å². The molecule has 0 aromatic heterocycles. The quantitative estimate of drug-likeness (QED) is 0.559. The highest BCUT2D eigenvalue weighted by Gasteiger charge is 2.25. The van der Waals surface area contributed by atoms with Gasteiger partial charge in [0.2, 0.25) is 15.9 Å². The third kappa shape index (κ3) is 7.31. The van der Waals surface area contributed by atoms with Crippen molar-refractivity contribution in [3.8, 4) is 0 Å². The first-order valence-electron chi connectivity index (χ1n) is 11.2. The van der Waals surface area contributed by atoms with Crippen LogP contribution in [0.1, 0.15) is 42.5 Å². The zero-order chi connectivity index (χ0) is 23.7. The van der Waals surface area contributed by atoms with Crippen LogP contribution < -0.4 is 10.0 Å². The zero-order valence-corrected chi connectivity index (χ0v) is 20.5. The van der Waals surface area contributed by atoms with Crippen LogP contribution in [0.15, 0.2) is 59.5 Å². The average molecular weight is 490 g/mol. The number of hydrogen-bond donors (Lipinski definition) is 2. The largest absolute Gasteiger partial charge is 0.339 e. The number of thioether (sulfide) groups is 1. The van der Waals surface area contributed by atoms with Gasteiger partial charge in [-0.3, -0.25) is 9.59 Å². The number of benzene rings is 2. The third-order valence-electron chi connectivity index (χ3n) is 5.57. The minimum absolute atomic E-state index is 0.00300. The Hall–Kier alpha value is -2.36. The Morgan fingerprint density at radius 1 is 0.970 bits per heavy atom. The van der Waals surface area contributed by atoms with Crippen molar-refractivity contribution < 1.29 is 18.0 Å². The first-order valence-corrected chi connectivity index (χ1v) is 14.0. The van der Waals surface area contributed by atoms with E-state index < -0.39 is 22.0 Å². The second-order valence-corrected chi connectivity index (χ2v) is 10.7. The van der Waals surface area contributed by atoms with Crippen LogP contribution in [-0.2, 0) is 14.8 Å². The van der Waals surface area contributed by atoms with E-state index in [1.165, 1.54) is 23.9 Å². The monoisotopic (exact) mass is 489 g/mol. The standard InChI is InChI=1S/C24H31N3O4S2/c1-32-18-15-22(26-33(30,31)21-9-5-4-6-10-21)23(28)25-20-13-11-19(12-14-20)24(29)27-16-7-2-3-8-17-27/h4-6,9-14,22,26H,2-3,7-8,15-18H2,1H3,(H,25,28). The molecule has 1 aliphatic heterocycles. The van der Waals surface area contributed by atoms with Crippen molar-refractivity contribution in [2.75, 3.05) is 30.4 Å². The third-order valence-corrected chi connectivity index (χ3v) is 7.70. The summed E-state index contributed by atoms with van der Waals surface area (Å²) in [7, 11) is -3.83. The highest BCUT2D eigenvalue weighted by molar-refractivity contribution is 7.98. The number of carbonyl (C=O) groups is 2. The van der Waals surface area contributed by atoms with Gasteiger partial charge in [0.1, 0.15) is 6.04 Å². The van der Waals surface area contributed by atoms with E-state index in [9.17, 15) is 18.0 Å². The first kappa shape index (κ1) is 25.3. The van der Waals surface area contributed by atoms with Crippen molar-refractivity contribution in [1.29, 1.82) is 0 Å². The van der Waals surface area contributed by atoms with Gasteiger partial charge in [-0.2, -0.15) is 16.5 Å². The Labute approximate surface area is 200 Å². The molecule has 33 heavy (non-hydrogen) atoms. The van der Waals surface area contributed by atoms with Gasteiger partial charge < -0.3 is 10.2 Å². The molecule has 1 heterocycles. The van der Waals surface area contributed by atoms with E-state index >= 15 is 0 Å². The minimum atomic E-state index is -3.83. The maximum absolute atomic E-state index is 12.9. The van der Waals surface area contributed by atoms with Crippen LogP contribution in [0.5, 0.6) is 0 Å². The summed E-state index contributed by atoms with van der Waals surface area (Å²) < 4.78 is 28.0. The van der Waals surface area contributed by atoms with E-state index in [4.69, 9.17) is 0 Å². The molecular weight excluding hydrogens is 458 g/mol. The Kier molecular flexibility index (Phi) is 9.34. The molecule has 2 aromatic carbocycles. The predicted molar refractivity (Wildman–Crippen MR) is 133 cm³/mol. The lowest BCUT2D eigenvalue weighted by atomic mass is 10.1. The lowest BCUT2D eigenvalue weighted by molar-refractivity contribution is -0.117. The van der Waals surface area contributed by atoms with Gasteiger partial charge in [0, 0.05) is 24.3 Å². The molecule has 0 radical (unpaired) electrons. The van der Waals surface area contributed by atoms with Gasteiger partial charge >= 0.3 is 0 Å². The van der Waals surface area contributed by atoms with Crippen LogP contribution in [-0.4, -0.2) is 56.3 Å². The number of anilines is 1. The summed E-state index contributed by atoms with van der Waals surface area (Å²) >= 11 is 1.54. The minimum Gasteiger partial charge on any atom is -0.339 e. The molecule has 2 amide bonds. The molecule has 0 spiro atoms. The topological polar surface area (TPSA) is 95.6 Å². The van der Waals surface area contributed by atoms with Crippen molar-refractivity contribution in [3.05, 3.63) is 60.2 Å². The molecule has 7 nitrogen and oxygen atoms in total. The number of likely N-dealkylation sites (tertiary alicyclic amines) is 1. The smallest absolute Gasteiger partial charge is 0.253 e. The molecular formula is C24H31N3O4S2. The summed E-state index contributed by atoms with van der Waals surface area (Å²) in [6, 6.07) is 13.8. The second kappa shape index (κ2) is 12.2. The van der Waals surface area contributed by atoms with Gasteiger partial charge in [-0.05, 0) is 67.7 Å². The Morgan fingerprint density at radius 3 is 2.21 bits per heavy atom. The van der Waals surface area contributed by atoms with Gasteiger partial charge in [-0.1, -0.05) is 31.0 Å². The van der Waals surface area contributed by atoms with Crippen LogP contribution in [0.25, 0.3) is 0 Å². The fourth-order valence-corrected chi connectivity index (χ4v) is 5.44. The summed E-state index contributed by atoms with van der Waals surface area (Å²) in [5.41, 5.74) is 1.10. The number of carbonyl (C=O) groups excluding carboxylic acids is 2. The molecule has 1 atom stereocenters. The molecule has 2 N–H and O–H groups in total. The SMILES string of the molecule is CSCCC(NS(=O)(=O)c1ccccc1)C(=O)Nc1ccc(C(=O)N2CCCCCC2)cc1. The van der Waals surface area contributed by atoms with Crippen molar-refractivity contribution in [1.82, 2.24) is 9.62 Å². The predicted octanol–water partition coefficient (Wildman–Crippen LogP) is 3.74. The summed E-state index contributed by atoms with van der Waals surface area (Å²) in [4.78, 5) is 27.7. The summed E-state index contributed by atoms with van der Waals surface area (Å²) in [6.45, 7) is 1.55. The van der Waals surface area contributed by atoms with E-state index in [-0.39, 0.29) is 10.8 Å². The van der Waals surface area contributed by atoms with Crippen LogP contribution in [0.3, 0.4) is 0 Å². The van der Waals surface area contributed by atoms with Crippen LogP contribution >= 0.6 is 11.8 Å². The van der Waals surface area contributed by atoms with Crippen LogP contribution in [0, 0.1) is 0 Å². The van der Waals surface area contributed by atoms with Gasteiger partial charge in [0.25, 0.3) is 5.91 Å². The van der Waals surface area contributed by atoms with Crippen molar-refractivity contribution >= 4 is 39.3 Å². The molecule has 1 saturated heterocycles. The average Bonchev–Trinajstić information content (AvgIpc) is 3.12. The Bertz CT molecular complexity index is 1020. The summed E-state index contributed by atoms with van der Waals surface area (Å²) in [5.74, 6) is 0.192. The molecule has 1 unspecified atom stereocenters.